The molecule has 2 aromatic heterocycles. The van der Waals surface area contributed by atoms with Gasteiger partial charge in [0.1, 0.15) is 36.3 Å². The minimum atomic E-state index is -5.54. The molecule has 3 rings (SSSR count). The van der Waals surface area contributed by atoms with Gasteiger partial charge in [-0.3, -0.25) is 27.7 Å². The van der Waals surface area contributed by atoms with Gasteiger partial charge in [0.05, 0.1) is 19.5 Å². The summed E-state index contributed by atoms with van der Waals surface area (Å²) in [6, 6.07) is 0. The molecule has 2 aromatic rings. The molecule has 0 aromatic carbocycles. The Balaban J connectivity index is 0.00000625. The van der Waals surface area contributed by atoms with E-state index in [2.05, 4.69) is 47.0 Å². The number of ether oxygens (including phenoxy) is 1. The van der Waals surface area contributed by atoms with E-state index in [1.54, 1.807) is 0 Å². The normalized spacial score (nSPS) is 22.4. The number of nitrogens with zero attached hydrogens (tertiary/aromatic N) is 4. The van der Waals surface area contributed by atoms with Gasteiger partial charge in [0.2, 0.25) is 11.8 Å². The zero-order chi connectivity index (χ0) is 36.1. The molecule has 0 aliphatic carbocycles. The summed E-state index contributed by atoms with van der Waals surface area (Å²) in [5.74, 6) is -0.943. The SMILES string of the molecule is CC(C)(COP(=O)(O)OP(=O)(O)OC[C@H]1O[C@@H](n2cnc3c(N)ncnc32)[C@H](O)[C@@H]1OP(=O)(O)O)C(O)C(=O)NCCC(=O)NCCS.O.[Na+]. The summed E-state index contributed by atoms with van der Waals surface area (Å²) in [7, 11) is -16.3. The Labute approximate surface area is 311 Å². The summed E-state index contributed by atoms with van der Waals surface area (Å²) < 4.78 is 61.7. The number of hydrogen-bond acceptors (Lipinski definition) is 17. The minimum Gasteiger partial charge on any atom is -0.412 e. The van der Waals surface area contributed by atoms with Crippen LogP contribution in [-0.4, -0.2) is 123 Å². The van der Waals surface area contributed by atoms with Crippen LogP contribution in [0.2, 0.25) is 0 Å². The van der Waals surface area contributed by atoms with Crippen molar-refractivity contribution in [1.82, 2.24) is 30.2 Å². The van der Waals surface area contributed by atoms with Crippen molar-refractivity contribution in [3.63, 3.8) is 0 Å². The number of nitrogens with one attached hydrogen (secondary N) is 2. The monoisotopic (exact) mass is 808 g/mol. The summed E-state index contributed by atoms with van der Waals surface area (Å²) in [5, 5.41) is 26.1. The number of fused-ring (bicyclic) bond motifs is 1. The predicted molar refractivity (Wildman–Crippen MR) is 167 cm³/mol. The number of aromatic nitrogens is 4. The summed E-state index contributed by atoms with van der Waals surface area (Å²) in [6.45, 7) is 0.723. The van der Waals surface area contributed by atoms with E-state index in [4.69, 9.17) is 19.5 Å². The van der Waals surface area contributed by atoms with Crippen LogP contribution in [0.5, 0.6) is 0 Å². The third-order valence-corrected chi connectivity index (χ3v) is 9.83. The van der Waals surface area contributed by atoms with Crippen LogP contribution < -0.4 is 45.9 Å². The first-order chi connectivity index (χ1) is 22.2. The Kier molecular flexibility index (Phi) is 18.1. The molecule has 24 nitrogen and oxygen atoms in total. The molecular formula is C21H38N7NaO17P3S+. The van der Waals surface area contributed by atoms with Crippen molar-refractivity contribution in [2.75, 3.05) is 37.8 Å². The van der Waals surface area contributed by atoms with Crippen molar-refractivity contribution in [3.8, 4) is 0 Å². The molecule has 3 heterocycles. The quantitative estimate of drug-likeness (QED) is 0.0381. The number of phosphoric ester groups is 3. The van der Waals surface area contributed by atoms with E-state index in [0.717, 1.165) is 17.2 Å². The third-order valence-electron chi connectivity index (χ3n) is 6.51. The second kappa shape index (κ2) is 19.3. The summed E-state index contributed by atoms with van der Waals surface area (Å²) in [6.07, 6.45) is -6.74. The molecule has 29 heteroatoms. The fourth-order valence-electron chi connectivity index (χ4n) is 4.14. The number of aliphatic hydroxyl groups is 2. The molecule has 50 heavy (non-hydrogen) atoms. The molecule has 0 radical (unpaired) electrons. The Morgan fingerprint density at radius 3 is 2.36 bits per heavy atom. The summed E-state index contributed by atoms with van der Waals surface area (Å²) in [5.41, 5.74) is 4.30. The molecule has 1 saturated heterocycles. The number of nitrogens with two attached hydrogens (primary N) is 1. The fourth-order valence-corrected chi connectivity index (χ4v) is 7.08. The second-order valence-electron chi connectivity index (χ2n) is 10.8. The van der Waals surface area contributed by atoms with Crippen molar-refractivity contribution < 1.29 is 111 Å². The van der Waals surface area contributed by atoms with Crippen LogP contribution in [0.1, 0.15) is 26.5 Å². The maximum absolute atomic E-state index is 12.6. The largest absolute Gasteiger partial charge is 1.00 e. The molecule has 280 valence electrons. The Morgan fingerprint density at radius 2 is 1.74 bits per heavy atom. The number of hydrogen-bond donors (Lipinski definition) is 10. The van der Waals surface area contributed by atoms with Crippen molar-refractivity contribution >= 4 is 64.9 Å². The van der Waals surface area contributed by atoms with E-state index in [-0.39, 0.29) is 70.9 Å². The first-order valence-corrected chi connectivity index (χ1v) is 18.8. The van der Waals surface area contributed by atoms with Crippen LogP contribution in [0, 0.1) is 5.41 Å². The van der Waals surface area contributed by atoms with E-state index >= 15 is 0 Å². The first kappa shape index (κ1) is 46.9. The standard InChI is InChI=1S/C21H36N7O16P3S.Na.H2O/c1-21(2,16(31)19(32)24-4-3-12(29)23-5-6-48)8-41-47(38,39)44-46(36,37)40-7-11-15(43-45(33,34)35)14(30)20(42-11)28-10-27-13-17(22)25-9-26-18(13)28;;/h9-11,14-16,20,30-31,48H,3-8H2,1-2H3,(H,23,29)(H,24,32)(H,36,37)(H,38,39)(H2,22,25,26)(H2,33,34,35);;1H2/q;+1;/t11-,14-,15-,16?,20-;;/m1../s1. The Bertz CT molecular complexity index is 1600. The molecule has 0 saturated carbocycles. The molecule has 1 aliphatic heterocycles. The van der Waals surface area contributed by atoms with Crippen LogP contribution in [-0.2, 0) is 45.9 Å². The van der Waals surface area contributed by atoms with Gasteiger partial charge < -0.3 is 56.4 Å². The molecular weight excluding hydrogens is 770 g/mol. The van der Waals surface area contributed by atoms with Gasteiger partial charge in [-0.15, -0.1) is 0 Å². The van der Waals surface area contributed by atoms with Gasteiger partial charge >= 0.3 is 53.0 Å². The van der Waals surface area contributed by atoms with E-state index < -0.39 is 78.6 Å². The molecule has 1 aliphatic rings. The smallest absolute Gasteiger partial charge is 0.412 e. The number of carbonyl (C=O) groups is 2. The fraction of sp³-hybridized carbons (Fsp3) is 0.667. The summed E-state index contributed by atoms with van der Waals surface area (Å²) in [4.78, 5) is 74.6. The van der Waals surface area contributed by atoms with Gasteiger partial charge in [0, 0.05) is 30.7 Å². The average molecular weight is 809 g/mol. The van der Waals surface area contributed by atoms with Crippen molar-refractivity contribution in [2.45, 2.75) is 50.9 Å². The number of amides is 2. The minimum absolute atomic E-state index is 0. The van der Waals surface area contributed by atoms with E-state index in [9.17, 15) is 53.1 Å². The summed E-state index contributed by atoms with van der Waals surface area (Å²) >= 11 is 3.95. The van der Waals surface area contributed by atoms with Crippen molar-refractivity contribution in [2.24, 2.45) is 5.41 Å². The topological polar surface area (TPSA) is 378 Å². The molecule has 12 N–H and O–H groups in total. The van der Waals surface area contributed by atoms with Gasteiger partial charge in [-0.05, 0) is 0 Å². The average Bonchev–Trinajstić information content (AvgIpc) is 3.54. The zero-order valence-corrected chi connectivity index (χ0v) is 32.3. The number of phosphoric acid groups is 3. The van der Waals surface area contributed by atoms with Crippen LogP contribution >= 0.6 is 36.1 Å². The van der Waals surface area contributed by atoms with Gasteiger partial charge in [0.15, 0.2) is 17.7 Å². The molecule has 0 spiro atoms. The molecule has 2 amide bonds. The number of nitrogen functional groups attached to an aromatic ring is 1. The van der Waals surface area contributed by atoms with Gasteiger partial charge in [-0.25, -0.2) is 28.6 Å². The van der Waals surface area contributed by atoms with Crippen LogP contribution in [0.15, 0.2) is 12.7 Å². The predicted octanol–water partition coefficient (Wildman–Crippen LogP) is -5.49. The van der Waals surface area contributed by atoms with Gasteiger partial charge in [-0.2, -0.15) is 16.9 Å². The van der Waals surface area contributed by atoms with E-state index in [0.29, 0.717) is 12.3 Å². The van der Waals surface area contributed by atoms with Crippen LogP contribution in [0.4, 0.5) is 5.82 Å². The number of anilines is 1. The molecule has 1 fully saturated rings. The zero-order valence-electron chi connectivity index (χ0n) is 26.7. The van der Waals surface area contributed by atoms with Crippen molar-refractivity contribution in [1.29, 1.82) is 0 Å². The van der Waals surface area contributed by atoms with Gasteiger partial charge in [0.25, 0.3) is 0 Å². The number of aliphatic hydroxyl groups excluding tert-OH is 2. The maximum Gasteiger partial charge on any atom is 1.00 e. The number of rotatable bonds is 18. The Hall–Kier alpha value is -1.15. The number of thiol groups is 1. The van der Waals surface area contributed by atoms with Crippen molar-refractivity contribution in [3.05, 3.63) is 12.7 Å². The van der Waals surface area contributed by atoms with E-state index in [1.807, 2.05) is 0 Å². The van der Waals surface area contributed by atoms with Crippen LogP contribution in [0.3, 0.4) is 0 Å². The molecule has 7 atom stereocenters. The maximum atomic E-state index is 12.6. The second-order valence-corrected chi connectivity index (χ2v) is 15.5. The Morgan fingerprint density at radius 1 is 1.10 bits per heavy atom. The number of carbonyl (C=O) groups excluding carboxylic acids is 2. The number of imidazole rings is 1. The van der Waals surface area contributed by atoms with Gasteiger partial charge in [-0.1, -0.05) is 13.8 Å². The first-order valence-electron chi connectivity index (χ1n) is 13.7. The third kappa shape index (κ3) is 13.4. The molecule has 0 bridgehead atoms. The molecule has 3 unspecified atom stereocenters. The van der Waals surface area contributed by atoms with E-state index in [1.165, 1.54) is 13.8 Å². The van der Waals surface area contributed by atoms with Crippen LogP contribution in [0.25, 0.3) is 11.2 Å².